The fourth-order valence-electron chi connectivity index (χ4n) is 3.62. The van der Waals surface area contributed by atoms with E-state index >= 15 is 0 Å². The summed E-state index contributed by atoms with van der Waals surface area (Å²) < 4.78 is 9.57. The van der Waals surface area contributed by atoms with E-state index in [2.05, 4.69) is 79.1 Å². The Balaban J connectivity index is 1.85. The molecule has 0 fully saturated rings. The number of hydrogen-bond donors (Lipinski definition) is 0. The van der Waals surface area contributed by atoms with Crippen molar-refractivity contribution in [3.8, 4) is 22.6 Å². The highest BCUT2D eigenvalue weighted by molar-refractivity contribution is 5.78. The molecule has 120 valence electrons. The molecule has 0 bridgehead atoms. The van der Waals surface area contributed by atoms with Gasteiger partial charge in [0.05, 0.1) is 7.11 Å². The molecule has 0 amide bonds. The topological polar surface area (TPSA) is 17.0 Å². The molecule has 2 heterocycles. The SMILES string of the molecule is COc1ccc(-[n+]2ccc3c(c2)C(C)(C)c2c[n+](C)ccc2-3)cc1. The highest BCUT2D eigenvalue weighted by Crippen LogP contribution is 2.47. The molecule has 0 radical (unpaired) electrons. The van der Waals surface area contributed by atoms with E-state index in [0.29, 0.717) is 0 Å². The Hall–Kier alpha value is -2.68. The molecule has 3 heteroatoms. The van der Waals surface area contributed by atoms with Crippen molar-refractivity contribution in [3.05, 3.63) is 72.3 Å². The molecule has 0 saturated heterocycles. The van der Waals surface area contributed by atoms with E-state index in [1.54, 1.807) is 7.11 Å². The number of ether oxygens (including phenoxy) is 1. The minimum atomic E-state index is -0.000826. The van der Waals surface area contributed by atoms with Gasteiger partial charge in [-0.3, -0.25) is 0 Å². The predicted molar refractivity (Wildman–Crippen MR) is 93.3 cm³/mol. The first-order valence-electron chi connectivity index (χ1n) is 8.21. The van der Waals surface area contributed by atoms with Crippen LogP contribution in [-0.4, -0.2) is 7.11 Å². The van der Waals surface area contributed by atoms with Crippen LogP contribution in [0.3, 0.4) is 0 Å². The molecule has 0 spiro atoms. The van der Waals surface area contributed by atoms with Crippen LogP contribution in [0, 0.1) is 0 Å². The Bertz CT molecular complexity index is 927. The maximum atomic E-state index is 5.25. The van der Waals surface area contributed by atoms with Crippen LogP contribution in [0.4, 0.5) is 0 Å². The maximum absolute atomic E-state index is 5.25. The van der Waals surface area contributed by atoms with Crippen LogP contribution >= 0.6 is 0 Å². The van der Waals surface area contributed by atoms with Crippen LogP contribution in [0.5, 0.6) is 5.75 Å². The van der Waals surface area contributed by atoms with Crippen molar-refractivity contribution >= 4 is 0 Å². The third-order valence-electron chi connectivity index (χ3n) is 5.07. The highest BCUT2D eigenvalue weighted by Gasteiger charge is 2.39. The summed E-state index contributed by atoms with van der Waals surface area (Å²) in [6.07, 6.45) is 8.76. The first-order valence-corrected chi connectivity index (χ1v) is 8.21. The number of hydrogen-bond acceptors (Lipinski definition) is 1. The molecule has 0 saturated carbocycles. The lowest BCUT2D eigenvalue weighted by molar-refractivity contribution is -0.671. The monoisotopic (exact) mass is 318 g/mol. The van der Waals surface area contributed by atoms with Gasteiger partial charge in [-0.05, 0) is 23.3 Å². The summed E-state index contributed by atoms with van der Waals surface area (Å²) in [7, 11) is 3.77. The molecule has 3 nitrogen and oxygen atoms in total. The van der Waals surface area contributed by atoms with Crippen LogP contribution in [0.2, 0.25) is 0 Å². The lowest BCUT2D eigenvalue weighted by atomic mass is 9.84. The number of fused-ring (bicyclic) bond motifs is 3. The van der Waals surface area contributed by atoms with Gasteiger partial charge >= 0.3 is 0 Å². The Kier molecular flexibility index (Phi) is 3.20. The summed E-state index contributed by atoms with van der Waals surface area (Å²) in [4.78, 5) is 0. The lowest BCUT2D eigenvalue weighted by Crippen LogP contribution is -2.33. The number of rotatable bonds is 2. The van der Waals surface area contributed by atoms with E-state index in [4.69, 9.17) is 4.74 Å². The van der Waals surface area contributed by atoms with Crippen molar-refractivity contribution in [2.24, 2.45) is 7.05 Å². The first-order chi connectivity index (χ1) is 11.5. The van der Waals surface area contributed by atoms with Gasteiger partial charge in [-0.2, -0.15) is 4.57 Å². The number of benzene rings is 1. The Labute approximate surface area is 142 Å². The van der Waals surface area contributed by atoms with Gasteiger partial charge < -0.3 is 4.74 Å². The van der Waals surface area contributed by atoms with Crippen molar-refractivity contribution < 1.29 is 13.9 Å². The third-order valence-corrected chi connectivity index (χ3v) is 5.07. The zero-order valence-corrected chi connectivity index (χ0v) is 14.6. The maximum Gasteiger partial charge on any atom is 0.210 e. The van der Waals surface area contributed by atoms with E-state index < -0.39 is 0 Å². The summed E-state index contributed by atoms with van der Waals surface area (Å²) in [5, 5.41) is 0. The van der Waals surface area contributed by atoms with Crippen LogP contribution in [-0.2, 0) is 12.5 Å². The Morgan fingerprint density at radius 3 is 2.12 bits per heavy atom. The molecular weight excluding hydrogens is 296 g/mol. The molecule has 2 aromatic heterocycles. The van der Waals surface area contributed by atoms with Gasteiger partial charge in [0, 0.05) is 40.8 Å². The first kappa shape index (κ1) is 14.9. The molecule has 1 aliphatic rings. The van der Waals surface area contributed by atoms with Crippen molar-refractivity contribution in [2.75, 3.05) is 7.11 Å². The number of aryl methyl sites for hydroxylation is 1. The number of pyridine rings is 2. The summed E-state index contributed by atoms with van der Waals surface area (Å²) in [5.74, 6) is 0.876. The van der Waals surface area contributed by atoms with Gasteiger partial charge in [-0.1, -0.05) is 13.8 Å². The predicted octanol–water partition coefficient (Wildman–Crippen LogP) is 3.10. The summed E-state index contributed by atoms with van der Waals surface area (Å²) in [6.45, 7) is 4.60. The third kappa shape index (κ3) is 2.12. The normalized spacial score (nSPS) is 14.2. The summed E-state index contributed by atoms with van der Waals surface area (Å²) in [5.41, 5.74) is 6.56. The van der Waals surface area contributed by atoms with E-state index in [-0.39, 0.29) is 5.41 Å². The zero-order chi connectivity index (χ0) is 16.9. The summed E-state index contributed by atoms with van der Waals surface area (Å²) >= 11 is 0. The zero-order valence-electron chi connectivity index (χ0n) is 14.6. The van der Waals surface area contributed by atoms with Crippen LogP contribution in [0.25, 0.3) is 16.8 Å². The summed E-state index contributed by atoms with van der Waals surface area (Å²) in [6, 6.07) is 12.6. The minimum absolute atomic E-state index is 0.000826. The molecule has 1 aromatic carbocycles. The highest BCUT2D eigenvalue weighted by atomic mass is 16.5. The van der Waals surface area contributed by atoms with Crippen LogP contribution in [0.15, 0.2) is 61.2 Å². The molecule has 0 N–H and O–H groups in total. The van der Waals surface area contributed by atoms with Crippen molar-refractivity contribution in [1.29, 1.82) is 0 Å². The fraction of sp³-hybridized carbons (Fsp3) is 0.238. The van der Waals surface area contributed by atoms with Gasteiger partial charge in [-0.15, -0.1) is 0 Å². The molecule has 1 aliphatic carbocycles. The van der Waals surface area contributed by atoms with Gasteiger partial charge in [0.2, 0.25) is 5.69 Å². The van der Waals surface area contributed by atoms with Gasteiger partial charge in [0.1, 0.15) is 12.8 Å². The van der Waals surface area contributed by atoms with Crippen molar-refractivity contribution in [2.45, 2.75) is 19.3 Å². The minimum Gasteiger partial charge on any atom is -0.497 e. The van der Waals surface area contributed by atoms with E-state index in [1.165, 1.54) is 22.3 Å². The van der Waals surface area contributed by atoms with Gasteiger partial charge in [-0.25, -0.2) is 4.57 Å². The quantitative estimate of drug-likeness (QED) is 0.664. The number of aromatic nitrogens is 2. The Morgan fingerprint density at radius 2 is 1.46 bits per heavy atom. The number of nitrogens with zero attached hydrogens (tertiary/aromatic N) is 2. The second-order valence-electron chi connectivity index (χ2n) is 6.94. The van der Waals surface area contributed by atoms with E-state index in [1.807, 2.05) is 12.1 Å². The molecule has 0 aliphatic heterocycles. The average molecular weight is 318 g/mol. The second-order valence-corrected chi connectivity index (χ2v) is 6.94. The van der Waals surface area contributed by atoms with Crippen LogP contribution < -0.4 is 13.9 Å². The van der Waals surface area contributed by atoms with Gasteiger partial charge in [0.15, 0.2) is 24.8 Å². The average Bonchev–Trinajstić information content (AvgIpc) is 2.82. The fourth-order valence-corrected chi connectivity index (χ4v) is 3.62. The molecule has 3 aromatic rings. The molecule has 24 heavy (non-hydrogen) atoms. The standard InChI is InChI=1S/C21H22N2O/c1-21(2)19-13-22(3)11-9-17(19)18-10-12-23(14-20(18)21)15-5-7-16(24-4)8-6-15/h5-14H,1-4H3/q+2. The van der Waals surface area contributed by atoms with E-state index in [9.17, 15) is 0 Å². The molecule has 4 rings (SSSR count). The van der Waals surface area contributed by atoms with Crippen LogP contribution in [0.1, 0.15) is 25.0 Å². The molecule has 0 unspecified atom stereocenters. The second kappa shape index (κ2) is 5.17. The lowest BCUT2D eigenvalue weighted by Gasteiger charge is -2.18. The van der Waals surface area contributed by atoms with Gasteiger partial charge in [0.25, 0.3) is 0 Å². The molecular formula is C21H22N2O+2. The Morgan fingerprint density at radius 1 is 0.833 bits per heavy atom. The largest absolute Gasteiger partial charge is 0.497 e. The molecule has 0 atom stereocenters. The number of methoxy groups -OCH3 is 1. The van der Waals surface area contributed by atoms with Crippen molar-refractivity contribution in [3.63, 3.8) is 0 Å². The van der Waals surface area contributed by atoms with Crippen molar-refractivity contribution in [1.82, 2.24) is 0 Å². The smallest absolute Gasteiger partial charge is 0.210 e. The van der Waals surface area contributed by atoms with E-state index in [0.717, 1.165) is 11.4 Å².